The Morgan fingerprint density at radius 2 is 1.33 bits per heavy atom. The fourth-order valence-corrected chi connectivity index (χ4v) is 7.77. The first-order valence-electron chi connectivity index (χ1n) is 13.3. The van der Waals surface area contributed by atoms with Crippen molar-refractivity contribution in [3.05, 3.63) is 104 Å². The van der Waals surface area contributed by atoms with Gasteiger partial charge in [-0.15, -0.1) is 22.7 Å². The van der Waals surface area contributed by atoms with E-state index in [1.807, 2.05) is 0 Å². The molecular weight excluding hydrogens is 642 g/mol. The monoisotopic (exact) mass is 662 g/mol. The minimum atomic E-state index is -5.78. The summed E-state index contributed by atoms with van der Waals surface area (Å²) in [6, 6.07) is 16.8. The summed E-state index contributed by atoms with van der Waals surface area (Å²) < 4.78 is 100. The number of hydrogen-bond donors (Lipinski definition) is 1. The van der Waals surface area contributed by atoms with Crippen LogP contribution in [-0.4, -0.2) is 28.8 Å². The third kappa shape index (κ3) is 4.65. The molecule has 0 saturated carbocycles. The number of nitro groups is 1. The molecule has 0 fully saturated rings. The summed E-state index contributed by atoms with van der Waals surface area (Å²) in [4.78, 5) is 23.1. The number of benzene rings is 3. The van der Waals surface area contributed by atoms with Gasteiger partial charge >= 0.3 is 23.9 Å². The van der Waals surface area contributed by atoms with Crippen LogP contribution in [0.2, 0.25) is 0 Å². The van der Waals surface area contributed by atoms with Crippen molar-refractivity contribution in [2.75, 3.05) is 5.32 Å². The van der Waals surface area contributed by atoms with Crippen LogP contribution in [0.3, 0.4) is 0 Å². The summed E-state index contributed by atoms with van der Waals surface area (Å²) in [5, 5.41) is 13.4. The van der Waals surface area contributed by atoms with Crippen molar-refractivity contribution in [1.29, 1.82) is 0 Å². The van der Waals surface area contributed by atoms with E-state index in [0.29, 0.717) is 9.40 Å². The summed E-state index contributed by atoms with van der Waals surface area (Å²) in [6.45, 7) is 2.72. The molecule has 1 aliphatic rings. The van der Waals surface area contributed by atoms with Crippen molar-refractivity contribution in [1.82, 2.24) is 0 Å². The highest BCUT2D eigenvalue weighted by molar-refractivity contribution is 7.19. The molecule has 14 heteroatoms. The van der Waals surface area contributed by atoms with E-state index in [1.54, 1.807) is 18.2 Å². The van der Waals surface area contributed by atoms with Crippen LogP contribution in [0.4, 0.5) is 42.5 Å². The van der Waals surface area contributed by atoms with Crippen LogP contribution in [0.15, 0.2) is 72.8 Å². The van der Waals surface area contributed by atoms with Crippen LogP contribution < -0.4 is 5.32 Å². The average Bonchev–Trinajstić information content (AvgIpc) is 3.55. The van der Waals surface area contributed by atoms with Gasteiger partial charge in [-0.05, 0) is 38.1 Å². The molecule has 1 aliphatic carbocycles. The van der Waals surface area contributed by atoms with Crippen molar-refractivity contribution in [3.8, 4) is 0 Å². The van der Waals surface area contributed by atoms with Crippen molar-refractivity contribution >= 4 is 71.5 Å². The third-order valence-electron chi connectivity index (χ3n) is 7.54. The van der Waals surface area contributed by atoms with Gasteiger partial charge in [-0.25, -0.2) is 4.79 Å². The van der Waals surface area contributed by atoms with Gasteiger partial charge in [0, 0.05) is 65.1 Å². The van der Waals surface area contributed by atoms with Crippen LogP contribution in [0, 0.1) is 17.0 Å². The SMILES string of the molecule is Cc1sc2ccccc2c1C1=C(c2c([C@H](C)OC(=O)Nc3ccc([N+](=O)[O-])cc3)sc3ccccc23)C(F)(F)C(F)(F)C1(F)F. The van der Waals surface area contributed by atoms with Gasteiger partial charge in [-0.3, -0.25) is 15.4 Å². The molecule has 2 aromatic heterocycles. The Balaban J connectivity index is 1.53. The van der Waals surface area contributed by atoms with Gasteiger partial charge in [0.1, 0.15) is 6.10 Å². The second-order valence-corrected chi connectivity index (χ2v) is 12.7. The molecule has 2 heterocycles. The normalized spacial score (nSPS) is 17.5. The molecule has 1 N–H and O–H groups in total. The molecule has 1 amide bonds. The molecule has 0 saturated heterocycles. The zero-order chi connectivity index (χ0) is 32.5. The largest absolute Gasteiger partial charge is 0.441 e. The van der Waals surface area contributed by atoms with Gasteiger partial charge < -0.3 is 4.74 Å². The number of hydrogen-bond acceptors (Lipinski definition) is 6. The molecule has 0 radical (unpaired) electrons. The number of nitrogens with one attached hydrogen (secondary N) is 1. The molecule has 5 aromatic rings. The Morgan fingerprint density at radius 1 is 0.822 bits per heavy atom. The number of nitrogens with zero attached hydrogens (tertiary/aromatic N) is 1. The highest BCUT2D eigenvalue weighted by Crippen LogP contribution is 2.67. The van der Waals surface area contributed by atoms with Gasteiger partial charge in [-0.1, -0.05) is 36.4 Å². The lowest BCUT2D eigenvalue weighted by Crippen LogP contribution is -2.49. The van der Waals surface area contributed by atoms with Crippen LogP contribution in [0.25, 0.3) is 31.3 Å². The van der Waals surface area contributed by atoms with Crippen LogP contribution in [0.5, 0.6) is 0 Å². The zero-order valence-corrected chi connectivity index (χ0v) is 24.8. The molecule has 232 valence electrons. The lowest BCUT2D eigenvalue weighted by atomic mass is 9.91. The number of fused-ring (bicyclic) bond motifs is 2. The maximum Gasteiger partial charge on any atom is 0.412 e. The Hall–Kier alpha value is -4.43. The number of ether oxygens (including phenoxy) is 1. The van der Waals surface area contributed by atoms with Gasteiger partial charge in [-0.2, -0.15) is 26.3 Å². The number of halogens is 6. The number of non-ortho nitro benzene ring substituents is 1. The molecule has 45 heavy (non-hydrogen) atoms. The molecule has 0 unspecified atom stereocenters. The highest BCUT2D eigenvalue weighted by atomic mass is 32.1. The first-order valence-corrected chi connectivity index (χ1v) is 14.9. The van der Waals surface area contributed by atoms with Crippen molar-refractivity contribution in [3.63, 3.8) is 0 Å². The number of nitro benzene ring substituents is 1. The van der Waals surface area contributed by atoms with Crippen LogP contribution in [-0.2, 0) is 4.74 Å². The maximum absolute atomic E-state index is 16.0. The first-order chi connectivity index (χ1) is 21.2. The molecule has 0 bridgehead atoms. The predicted molar refractivity (Wildman–Crippen MR) is 162 cm³/mol. The molecule has 1 atom stereocenters. The Labute approximate surface area is 258 Å². The van der Waals surface area contributed by atoms with Crippen molar-refractivity contribution < 1.29 is 40.8 Å². The summed E-state index contributed by atoms with van der Waals surface area (Å²) in [5.74, 6) is -16.4. The van der Waals surface area contributed by atoms with Crippen molar-refractivity contribution in [2.24, 2.45) is 0 Å². The molecule has 0 spiro atoms. The summed E-state index contributed by atoms with van der Waals surface area (Å²) >= 11 is 1.87. The molecule has 6 rings (SSSR count). The number of anilines is 1. The Morgan fingerprint density at radius 3 is 1.91 bits per heavy atom. The second kappa shape index (κ2) is 10.6. The van der Waals surface area contributed by atoms with E-state index >= 15 is 26.3 Å². The predicted octanol–water partition coefficient (Wildman–Crippen LogP) is 10.5. The number of allylic oxidation sites excluding steroid dienone is 2. The Bertz CT molecular complexity index is 2030. The lowest BCUT2D eigenvalue weighted by molar-refractivity contribution is -0.384. The quantitative estimate of drug-likeness (QED) is 0.111. The van der Waals surface area contributed by atoms with Gasteiger partial charge in [0.2, 0.25) is 0 Å². The number of aryl methyl sites for hydroxylation is 1. The third-order valence-corrected chi connectivity index (χ3v) is 9.96. The molecule has 3 aromatic carbocycles. The minimum Gasteiger partial charge on any atom is -0.441 e. The lowest BCUT2D eigenvalue weighted by Gasteiger charge is -2.26. The number of carbonyl (C=O) groups excluding carboxylic acids is 1. The average molecular weight is 663 g/mol. The molecule has 6 nitrogen and oxygen atoms in total. The fourth-order valence-electron chi connectivity index (χ4n) is 5.50. The Kier molecular flexibility index (Phi) is 7.20. The smallest absolute Gasteiger partial charge is 0.412 e. The number of carbonyl (C=O) groups is 1. The van der Waals surface area contributed by atoms with E-state index in [4.69, 9.17) is 4.74 Å². The van der Waals surface area contributed by atoms with Gasteiger partial charge in [0.25, 0.3) is 5.69 Å². The van der Waals surface area contributed by atoms with Crippen molar-refractivity contribution in [2.45, 2.75) is 37.7 Å². The highest BCUT2D eigenvalue weighted by Gasteiger charge is 2.80. The molecular formula is C31H20F6N2O4S2. The standard InChI is InChI=1S/C31H20F6N2O4S2/c1-15(43-28(40)38-17-11-13-18(14-12-17)39(41)42)27-24(20-8-4-6-10-22(20)45-27)26-25(29(32,33)31(36,37)30(26,34)35)23-16(2)44-21-9-5-3-7-19(21)23/h3-15H,1-2H3,(H,38,40)/t15-/m0/s1. The summed E-state index contributed by atoms with van der Waals surface area (Å²) in [7, 11) is 0. The van der Waals surface area contributed by atoms with Crippen LogP contribution >= 0.6 is 22.7 Å². The van der Waals surface area contributed by atoms with E-state index in [0.717, 1.165) is 34.8 Å². The molecule has 0 aliphatic heterocycles. The summed E-state index contributed by atoms with van der Waals surface area (Å²) in [5.41, 5.74) is -4.07. The zero-order valence-electron chi connectivity index (χ0n) is 23.2. The van der Waals surface area contributed by atoms with E-state index in [9.17, 15) is 14.9 Å². The van der Waals surface area contributed by atoms with E-state index in [1.165, 1.54) is 56.3 Å². The van der Waals surface area contributed by atoms with Gasteiger partial charge in [0.05, 0.1) is 9.80 Å². The van der Waals surface area contributed by atoms with E-state index in [-0.39, 0.29) is 31.9 Å². The van der Waals surface area contributed by atoms with E-state index < -0.39 is 57.2 Å². The number of rotatable bonds is 6. The fraction of sp³-hybridized carbons (Fsp3) is 0.194. The number of amides is 1. The van der Waals surface area contributed by atoms with Crippen LogP contribution in [0.1, 0.15) is 33.9 Å². The minimum absolute atomic E-state index is 0.0154. The number of alkyl halides is 6. The topological polar surface area (TPSA) is 81.5 Å². The maximum atomic E-state index is 16.0. The summed E-state index contributed by atoms with van der Waals surface area (Å²) in [6.07, 6.45) is -2.47. The van der Waals surface area contributed by atoms with E-state index in [2.05, 4.69) is 5.32 Å². The second-order valence-electron chi connectivity index (χ2n) is 10.3. The first kappa shape index (κ1) is 30.6. The number of thiophene rings is 2. The van der Waals surface area contributed by atoms with Gasteiger partial charge in [0.15, 0.2) is 0 Å².